The third-order valence-corrected chi connectivity index (χ3v) is 2.90. The Labute approximate surface area is 109 Å². The molecule has 0 atom stereocenters. The first-order valence-electron chi connectivity index (χ1n) is 5.57. The molecule has 94 valence electrons. The van der Waals surface area contributed by atoms with Crippen LogP contribution in [0.1, 0.15) is 26.2 Å². The lowest BCUT2D eigenvalue weighted by atomic mass is 10.2. The summed E-state index contributed by atoms with van der Waals surface area (Å²) in [6, 6.07) is 1.48. The molecule has 0 unspecified atom stereocenters. The molecule has 0 fully saturated rings. The molecule has 0 spiro atoms. The Hall–Kier alpha value is -1.17. The van der Waals surface area contributed by atoms with Crippen LogP contribution in [0.5, 0.6) is 0 Å². The van der Waals surface area contributed by atoms with Crippen molar-refractivity contribution in [2.75, 3.05) is 18.5 Å². The third-order valence-electron chi connectivity index (χ3n) is 2.47. The minimum absolute atomic E-state index is 0.0402. The maximum absolute atomic E-state index is 10.9. The van der Waals surface area contributed by atoms with E-state index < -0.39 is 4.92 Å². The summed E-state index contributed by atoms with van der Waals surface area (Å²) in [4.78, 5) is 16.5. The van der Waals surface area contributed by atoms with Crippen molar-refractivity contribution in [3.8, 4) is 0 Å². The molecule has 1 heterocycles. The molecule has 1 aromatic heterocycles. The quantitative estimate of drug-likeness (QED) is 0.459. The van der Waals surface area contributed by atoms with Crippen molar-refractivity contribution in [3.05, 3.63) is 26.9 Å². The van der Waals surface area contributed by atoms with Crippen molar-refractivity contribution < 1.29 is 4.92 Å². The van der Waals surface area contributed by atoms with Crippen LogP contribution >= 0.6 is 15.9 Å². The molecule has 0 saturated carbocycles. The molecule has 0 amide bonds. The summed E-state index contributed by atoms with van der Waals surface area (Å²) in [6.45, 7) is 2.91. The largest absolute Gasteiger partial charge is 0.354 e. The second kappa shape index (κ2) is 6.54. The molecular weight excluding hydrogens is 286 g/mol. The molecule has 0 aliphatic heterocycles. The molecule has 0 aliphatic carbocycles. The Bertz CT molecular complexity index is 398. The normalized spacial score (nSPS) is 10.3. The molecule has 6 heteroatoms. The van der Waals surface area contributed by atoms with Gasteiger partial charge in [-0.1, -0.05) is 19.8 Å². The van der Waals surface area contributed by atoms with E-state index in [4.69, 9.17) is 0 Å². The lowest BCUT2D eigenvalue weighted by Crippen LogP contribution is -2.20. The topological polar surface area (TPSA) is 59.3 Å². The van der Waals surface area contributed by atoms with Gasteiger partial charge in [0.2, 0.25) is 5.82 Å². The van der Waals surface area contributed by atoms with Gasteiger partial charge in [-0.3, -0.25) is 10.1 Å². The Morgan fingerprint density at radius 3 is 2.82 bits per heavy atom. The second-order valence-corrected chi connectivity index (χ2v) is 4.80. The zero-order chi connectivity index (χ0) is 12.8. The van der Waals surface area contributed by atoms with Gasteiger partial charge in [-0.25, -0.2) is 4.98 Å². The minimum Gasteiger partial charge on any atom is -0.354 e. The number of nitrogens with zero attached hydrogens (tertiary/aromatic N) is 3. The summed E-state index contributed by atoms with van der Waals surface area (Å²) >= 11 is 3.19. The maximum Gasteiger partial charge on any atom is 0.312 e. The molecule has 0 radical (unpaired) electrons. The molecule has 0 N–H and O–H groups in total. The Morgan fingerprint density at radius 2 is 2.24 bits per heavy atom. The highest BCUT2D eigenvalue weighted by Crippen LogP contribution is 2.27. The van der Waals surface area contributed by atoms with E-state index >= 15 is 0 Å². The van der Waals surface area contributed by atoms with Gasteiger partial charge in [0.25, 0.3) is 0 Å². The van der Waals surface area contributed by atoms with Crippen molar-refractivity contribution in [3.63, 3.8) is 0 Å². The van der Waals surface area contributed by atoms with Crippen LogP contribution in [0.15, 0.2) is 16.7 Å². The van der Waals surface area contributed by atoms with Crippen LogP contribution in [-0.4, -0.2) is 23.5 Å². The van der Waals surface area contributed by atoms with Crippen molar-refractivity contribution in [2.24, 2.45) is 0 Å². The fourth-order valence-electron chi connectivity index (χ4n) is 1.55. The van der Waals surface area contributed by atoms with Crippen molar-refractivity contribution in [1.82, 2.24) is 4.98 Å². The SMILES string of the molecule is CCCCCN(C)c1ncc(Br)cc1[N+](=O)[O-]. The van der Waals surface area contributed by atoms with Gasteiger partial charge in [0, 0.05) is 30.3 Å². The monoisotopic (exact) mass is 301 g/mol. The number of aromatic nitrogens is 1. The summed E-state index contributed by atoms with van der Waals surface area (Å²) in [7, 11) is 1.83. The van der Waals surface area contributed by atoms with Gasteiger partial charge in [0.15, 0.2) is 0 Å². The Balaban J connectivity index is 2.84. The molecule has 5 nitrogen and oxygen atoms in total. The lowest BCUT2D eigenvalue weighted by molar-refractivity contribution is -0.384. The van der Waals surface area contributed by atoms with E-state index in [1.54, 1.807) is 6.20 Å². The molecule has 0 bridgehead atoms. The molecular formula is C11H16BrN3O2. The van der Waals surface area contributed by atoms with E-state index in [-0.39, 0.29) is 5.69 Å². The zero-order valence-corrected chi connectivity index (χ0v) is 11.6. The van der Waals surface area contributed by atoms with E-state index in [9.17, 15) is 10.1 Å². The van der Waals surface area contributed by atoms with Gasteiger partial charge in [-0.2, -0.15) is 0 Å². The van der Waals surface area contributed by atoms with E-state index in [1.807, 2.05) is 11.9 Å². The predicted molar refractivity (Wildman–Crippen MR) is 71.4 cm³/mol. The summed E-state index contributed by atoms with van der Waals surface area (Å²) < 4.78 is 0.620. The number of halogens is 1. The lowest BCUT2D eigenvalue weighted by Gasteiger charge is -2.17. The highest BCUT2D eigenvalue weighted by atomic mass is 79.9. The summed E-state index contributed by atoms with van der Waals surface area (Å²) in [5.74, 6) is 0.425. The molecule has 0 saturated heterocycles. The van der Waals surface area contributed by atoms with Crippen LogP contribution in [-0.2, 0) is 0 Å². The van der Waals surface area contributed by atoms with Gasteiger partial charge >= 0.3 is 5.69 Å². The van der Waals surface area contributed by atoms with E-state index in [0.29, 0.717) is 10.3 Å². The standard InChI is InChI=1S/C11H16BrN3O2/c1-3-4-5-6-14(2)11-10(15(16)17)7-9(12)8-13-11/h7-8H,3-6H2,1-2H3. The van der Waals surface area contributed by atoms with E-state index in [1.165, 1.54) is 6.07 Å². The van der Waals surface area contributed by atoms with Crippen molar-refractivity contribution in [2.45, 2.75) is 26.2 Å². The van der Waals surface area contributed by atoms with E-state index in [0.717, 1.165) is 25.8 Å². The molecule has 1 rings (SSSR count). The number of hydrogen-bond acceptors (Lipinski definition) is 4. The molecule has 1 aromatic rings. The van der Waals surface area contributed by atoms with Crippen LogP contribution in [0.25, 0.3) is 0 Å². The third kappa shape index (κ3) is 3.96. The van der Waals surface area contributed by atoms with Crippen LogP contribution in [0.3, 0.4) is 0 Å². The summed E-state index contributed by atoms with van der Waals surface area (Å²) in [5.41, 5.74) is 0.0402. The van der Waals surface area contributed by atoms with Crippen LogP contribution < -0.4 is 4.90 Å². The first-order valence-corrected chi connectivity index (χ1v) is 6.36. The first-order chi connectivity index (χ1) is 8.06. The summed E-state index contributed by atoms with van der Waals surface area (Å²) in [6.07, 6.45) is 4.85. The Morgan fingerprint density at radius 1 is 1.53 bits per heavy atom. The van der Waals surface area contributed by atoms with Crippen LogP contribution in [0, 0.1) is 10.1 Å². The van der Waals surface area contributed by atoms with Gasteiger partial charge in [0.1, 0.15) is 0 Å². The minimum atomic E-state index is -0.399. The molecule has 17 heavy (non-hydrogen) atoms. The van der Waals surface area contributed by atoms with E-state index in [2.05, 4.69) is 27.8 Å². The fourth-order valence-corrected chi connectivity index (χ4v) is 1.87. The number of nitro groups is 1. The average molecular weight is 302 g/mol. The van der Waals surface area contributed by atoms with Gasteiger partial charge in [0.05, 0.1) is 4.92 Å². The number of anilines is 1. The average Bonchev–Trinajstić information content (AvgIpc) is 2.29. The second-order valence-electron chi connectivity index (χ2n) is 3.88. The van der Waals surface area contributed by atoms with Gasteiger partial charge < -0.3 is 4.90 Å². The zero-order valence-electron chi connectivity index (χ0n) is 10.0. The highest BCUT2D eigenvalue weighted by Gasteiger charge is 2.18. The van der Waals surface area contributed by atoms with Gasteiger partial charge in [-0.05, 0) is 22.4 Å². The number of hydrogen-bond donors (Lipinski definition) is 0. The summed E-state index contributed by atoms with van der Waals surface area (Å²) in [5, 5.41) is 10.9. The van der Waals surface area contributed by atoms with Crippen molar-refractivity contribution in [1.29, 1.82) is 0 Å². The molecule has 0 aromatic carbocycles. The first kappa shape index (κ1) is 13.9. The van der Waals surface area contributed by atoms with Crippen molar-refractivity contribution >= 4 is 27.4 Å². The fraction of sp³-hybridized carbons (Fsp3) is 0.545. The highest BCUT2D eigenvalue weighted by molar-refractivity contribution is 9.10. The van der Waals surface area contributed by atoms with Crippen LogP contribution in [0.2, 0.25) is 0 Å². The van der Waals surface area contributed by atoms with Gasteiger partial charge in [-0.15, -0.1) is 0 Å². The molecule has 0 aliphatic rings. The number of unbranched alkanes of at least 4 members (excludes halogenated alkanes) is 2. The Kier molecular flexibility index (Phi) is 5.34. The maximum atomic E-state index is 10.9. The number of rotatable bonds is 6. The predicted octanol–water partition coefficient (Wildman–Crippen LogP) is 3.38. The smallest absolute Gasteiger partial charge is 0.312 e. The van der Waals surface area contributed by atoms with Crippen LogP contribution in [0.4, 0.5) is 11.5 Å². The number of pyridine rings is 1.